The Kier molecular flexibility index (Phi) is 6.36. The molecule has 6 nitrogen and oxygen atoms in total. The van der Waals surface area contributed by atoms with Crippen LogP contribution in [-0.2, 0) is 20.0 Å². The molecule has 0 amide bonds. The van der Waals surface area contributed by atoms with Gasteiger partial charge in [0.1, 0.15) is 0 Å². The molecule has 1 heterocycles. The average Bonchev–Trinajstić information content (AvgIpc) is 2.90. The highest BCUT2D eigenvalue weighted by atomic mass is 32.2. The SMILES string of the molecule is Cc1cc(C)c(S(=O)(=O)Nc2ccc(S(=O)(=O)N3CCCCCC3)cc2)c(C)c1. The number of aryl methyl sites for hydroxylation is 3. The van der Waals surface area contributed by atoms with E-state index in [2.05, 4.69) is 4.72 Å². The van der Waals surface area contributed by atoms with Gasteiger partial charge in [0.15, 0.2) is 0 Å². The van der Waals surface area contributed by atoms with Gasteiger partial charge in [-0.2, -0.15) is 4.31 Å². The lowest BCUT2D eigenvalue weighted by Gasteiger charge is -2.20. The predicted octanol–water partition coefficient (Wildman–Crippen LogP) is 3.98. The fourth-order valence-corrected chi connectivity index (χ4v) is 6.95. The van der Waals surface area contributed by atoms with Gasteiger partial charge in [0.25, 0.3) is 10.0 Å². The number of benzene rings is 2. The molecule has 0 spiro atoms. The van der Waals surface area contributed by atoms with E-state index in [-0.39, 0.29) is 9.79 Å². The minimum atomic E-state index is -3.77. The maximum absolute atomic E-state index is 12.9. The normalized spacial score (nSPS) is 16.4. The Hall–Kier alpha value is -1.90. The lowest BCUT2D eigenvalue weighted by Crippen LogP contribution is -2.31. The van der Waals surface area contributed by atoms with Crippen molar-refractivity contribution < 1.29 is 16.8 Å². The molecular formula is C21H28N2O4S2. The number of nitrogens with one attached hydrogen (secondary N) is 1. The van der Waals surface area contributed by atoms with Gasteiger partial charge in [0.2, 0.25) is 10.0 Å². The Morgan fingerprint density at radius 3 is 1.83 bits per heavy atom. The zero-order valence-corrected chi connectivity index (χ0v) is 18.7. The summed E-state index contributed by atoms with van der Waals surface area (Å²) < 4.78 is 55.6. The summed E-state index contributed by atoms with van der Waals surface area (Å²) in [7, 11) is -7.34. The van der Waals surface area contributed by atoms with Crippen LogP contribution in [0.15, 0.2) is 46.2 Å². The summed E-state index contributed by atoms with van der Waals surface area (Å²) in [4.78, 5) is 0.439. The minimum Gasteiger partial charge on any atom is -0.280 e. The van der Waals surface area contributed by atoms with Crippen molar-refractivity contribution in [3.63, 3.8) is 0 Å². The van der Waals surface area contributed by atoms with Gasteiger partial charge in [0.05, 0.1) is 9.79 Å². The third-order valence-corrected chi connectivity index (χ3v) is 8.78. The third kappa shape index (κ3) is 4.82. The van der Waals surface area contributed by atoms with Crippen LogP contribution >= 0.6 is 0 Å². The molecule has 0 radical (unpaired) electrons. The molecule has 0 unspecified atom stereocenters. The number of hydrogen-bond acceptors (Lipinski definition) is 4. The van der Waals surface area contributed by atoms with Crippen LogP contribution in [-0.4, -0.2) is 34.2 Å². The molecule has 1 aliphatic heterocycles. The summed E-state index contributed by atoms with van der Waals surface area (Å²) in [6.07, 6.45) is 3.83. The fourth-order valence-electron chi connectivity index (χ4n) is 3.92. The van der Waals surface area contributed by atoms with Gasteiger partial charge in [-0.25, -0.2) is 16.8 Å². The maximum Gasteiger partial charge on any atom is 0.262 e. The van der Waals surface area contributed by atoms with Crippen molar-refractivity contribution in [2.75, 3.05) is 17.8 Å². The molecule has 1 saturated heterocycles. The summed E-state index contributed by atoms with van der Waals surface area (Å²) in [5.74, 6) is 0. The van der Waals surface area contributed by atoms with Crippen LogP contribution in [0.4, 0.5) is 5.69 Å². The summed E-state index contributed by atoms with van der Waals surface area (Å²) in [6.45, 7) is 6.52. The first-order valence-electron chi connectivity index (χ1n) is 9.82. The Balaban J connectivity index is 1.84. The summed E-state index contributed by atoms with van der Waals surface area (Å²) in [5, 5.41) is 0. The van der Waals surface area contributed by atoms with Crippen molar-refractivity contribution in [1.82, 2.24) is 4.31 Å². The van der Waals surface area contributed by atoms with E-state index in [0.29, 0.717) is 29.9 Å². The first kappa shape index (κ1) is 21.8. The molecule has 1 aliphatic rings. The van der Waals surface area contributed by atoms with Crippen LogP contribution < -0.4 is 4.72 Å². The Labute approximate surface area is 174 Å². The summed E-state index contributed by atoms with van der Waals surface area (Å²) >= 11 is 0. The van der Waals surface area contributed by atoms with Crippen LogP contribution in [0.3, 0.4) is 0 Å². The quantitative estimate of drug-likeness (QED) is 0.768. The molecule has 0 aliphatic carbocycles. The first-order chi connectivity index (χ1) is 13.6. The predicted molar refractivity (Wildman–Crippen MR) is 115 cm³/mol. The van der Waals surface area contributed by atoms with Gasteiger partial charge in [-0.1, -0.05) is 30.5 Å². The van der Waals surface area contributed by atoms with Crippen molar-refractivity contribution >= 4 is 25.7 Å². The first-order valence-corrected chi connectivity index (χ1v) is 12.7. The topological polar surface area (TPSA) is 83.5 Å². The Morgan fingerprint density at radius 1 is 0.793 bits per heavy atom. The smallest absolute Gasteiger partial charge is 0.262 e. The second-order valence-electron chi connectivity index (χ2n) is 7.68. The summed E-state index contributed by atoms with van der Waals surface area (Å²) in [5.41, 5.74) is 2.69. The van der Waals surface area contributed by atoms with E-state index >= 15 is 0 Å². The number of sulfonamides is 2. The molecule has 0 saturated carbocycles. The molecule has 158 valence electrons. The highest BCUT2D eigenvalue weighted by Gasteiger charge is 2.25. The third-order valence-electron chi connectivity index (χ3n) is 5.18. The van der Waals surface area contributed by atoms with E-state index in [9.17, 15) is 16.8 Å². The highest BCUT2D eigenvalue weighted by molar-refractivity contribution is 7.92. The number of rotatable bonds is 5. The molecule has 8 heteroatoms. The van der Waals surface area contributed by atoms with Crippen LogP contribution in [0.2, 0.25) is 0 Å². The molecule has 1 fully saturated rings. The van der Waals surface area contributed by atoms with Crippen LogP contribution in [0.5, 0.6) is 0 Å². The number of hydrogen-bond donors (Lipinski definition) is 1. The molecule has 2 aromatic rings. The van der Waals surface area contributed by atoms with Crippen molar-refractivity contribution in [2.24, 2.45) is 0 Å². The monoisotopic (exact) mass is 436 g/mol. The molecule has 0 bridgehead atoms. The zero-order valence-electron chi connectivity index (χ0n) is 17.1. The summed E-state index contributed by atoms with van der Waals surface area (Å²) in [6, 6.07) is 9.60. The van der Waals surface area contributed by atoms with E-state index in [1.54, 1.807) is 13.8 Å². The minimum absolute atomic E-state index is 0.185. The average molecular weight is 437 g/mol. The number of anilines is 1. The van der Waals surface area contributed by atoms with E-state index in [4.69, 9.17) is 0 Å². The molecule has 0 aromatic heterocycles. The van der Waals surface area contributed by atoms with Crippen molar-refractivity contribution in [2.45, 2.75) is 56.2 Å². The van der Waals surface area contributed by atoms with Crippen molar-refractivity contribution in [3.05, 3.63) is 53.1 Å². The van der Waals surface area contributed by atoms with Gasteiger partial charge in [-0.15, -0.1) is 0 Å². The lowest BCUT2D eigenvalue weighted by atomic mass is 10.1. The second kappa shape index (κ2) is 8.45. The standard InChI is InChI=1S/C21H28N2O4S2/c1-16-14-17(2)21(18(3)15-16)28(24,25)22-19-8-10-20(11-9-19)29(26,27)23-12-6-4-5-7-13-23/h8-11,14-15,22H,4-7,12-13H2,1-3H3. The molecule has 1 N–H and O–H groups in total. The van der Waals surface area contributed by atoms with E-state index in [0.717, 1.165) is 31.2 Å². The van der Waals surface area contributed by atoms with Crippen LogP contribution in [0.1, 0.15) is 42.4 Å². The van der Waals surface area contributed by atoms with Crippen LogP contribution in [0.25, 0.3) is 0 Å². The van der Waals surface area contributed by atoms with Gasteiger partial charge in [0, 0.05) is 18.8 Å². The van der Waals surface area contributed by atoms with Gasteiger partial charge in [-0.05, 0) is 69.0 Å². The maximum atomic E-state index is 12.9. The van der Waals surface area contributed by atoms with Gasteiger partial charge >= 0.3 is 0 Å². The van der Waals surface area contributed by atoms with E-state index in [1.807, 2.05) is 19.1 Å². The van der Waals surface area contributed by atoms with Crippen LogP contribution in [0, 0.1) is 20.8 Å². The van der Waals surface area contributed by atoms with E-state index < -0.39 is 20.0 Å². The zero-order chi connectivity index (χ0) is 21.2. The second-order valence-corrected chi connectivity index (χ2v) is 11.2. The van der Waals surface area contributed by atoms with Gasteiger partial charge in [-0.3, -0.25) is 4.72 Å². The highest BCUT2D eigenvalue weighted by Crippen LogP contribution is 2.26. The Morgan fingerprint density at radius 2 is 1.31 bits per heavy atom. The molecule has 3 rings (SSSR count). The number of nitrogens with zero attached hydrogens (tertiary/aromatic N) is 1. The fraction of sp³-hybridized carbons (Fsp3) is 0.429. The largest absolute Gasteiger partial charge is 0.280 e. The molecule has 0 atom stereocenters. The molecule has 2 aromatic carbocycles. The van der Waals surface area contributed by atoms with Crippen molar-refractivity contribution in [3.8, 4) is 0 Å². The Bertz CT molecular complexity index is 1060. The molecule has 29 heavy (non-hydrogen) atoms. The van der Waals surface area contributed by atoms with E-state index in [1.165, 1.54) is 28.6 Å². The van der Waals surface area contributed by atoms with Crippen molar-refractivity contribution in [1.29, 1.82) is 0 Å². The lowest BCUT2D eigenvalue weighted by molar-refractivity contribution is 0.424. The van der Waals surface area contributed by atoms with Gasteiger partial charge < -0.3 is 0 Å². The molecular weight excluding hydrogens is 408 g/mol.